The fourth-order valence-corrected chi connectivity index (χ4v) is 3.03. The normalized spacial score (nSPS) is 24.1. The van der Waals surface area contributed by atoms with E-state index in [9.17, 15) is 4.79 Å². The topological polar surface area (TPSA) is 84.8 Å². The largest absolute Gasteiger partial charge is 0.465 e. The van der Waals surface area contributed by atoms with E-state index in [2.05, 4.69) is 5.16 Å². The third-order valence-electron chi connectivity index (χ3n) is 4.83. The van der Waals surface area contributed by atoms with E-state index in [4.69, 9.17) is 28.5 Å². The number of ether oxygens (including phenoxy) is 5. The van der Waals surface area contributed by atoms with Crippen molar-refractivity contribution in [1.29, 1.82) is 0 Å². The molecule has 0 N–H and O–H groups in total. The summed E-state index contributed by atoms with van der Waals surface area (Å²) in [4.78, 5) is 17.1. The summed E-state index contributed by atoms with van der Waals surface area (Å²) in [5.41, 5.74) is 1.73. The van der Waals surface area contributed by atoms with Gasteiger partial charge in [0, 0.05) is 18.4 Å². The fourth-order valence-electron chi connectivity index (χ4n) is 3.03. The van der Waals surface area contributed by atoms with E-state index in [1.54, 1.807) is 6.92 Å². The maximum Gasteiger partial charge on any atom is 0.366 e. The molecule has 1 fully saturated rings. The molecule has 0 bridgehead atoms. The molecule has 2 heterocycles. The summed E-state index contributed by atoms with van der Waals surface area (Å²) in [6.07, 6.45) is 2.78. The number of nitrogens with zero attached hydrogens (tertiary/aromatic N) is 1. The number of fused-ring (bicyclic) bond motifs is 1. The van der Waals surface area contributed by atoms with Crippen molar-refractivity contribution in [1.82, 2.24) is 0 Å². The molecule has 1 aromatic carbocycles. The minimum atomic E-state index is -1.28. The molecule has 2 aliphatic rings. The first-order valence-corrected chi connectivity index (χ1v) is 9.45. The number of carbonyl (C=O) groups is 1. The molecular weight excluding hydrogens is 366 g/mol. The summed E-state index contributed by atoms with van der Waals surface area (Å²) in [7, 11) is 1.32. The molecule has 28 heavy (non-hydrogen) atoms. The number of carbonyl (C=O) groups excluding carboxylic acids is 1. The summed E-state index contributed by atoms with van der Waals surface area (Å²) < 4.78 is 26.5. The van der Waals surface area contributed by atoms with Crippen LogP contribution in [0.15, 0.2) is 23.4 Å². The Kier molecular flexibility index (Phi) is 6.74. The molecule has 0 radical (unpaired) electrons. The van der Waals surface area contributed by atoms with Crippen molar-refractivity contribution in [3.63, 3.8) is 0 Å². The van der Waals surface area contributed by atoms with Gasteiger partial charge in [0.25, 0.3) is 5.79 Å². The van der Waals surface area contributed by atoms with Crippen molar-refractivity contribution >= 4 is 11.7 Å². The molecule has 154 valence electrons. The highest BCUT2D eigenvalue weighted by molar-refractivity contribution is 5.98. The maximum atomic E-state index is 11.6. The van der Waals surface area contributed by atoms with Crippen molar-refractivity contribution in [2.45, 2.75) is 38.9 Å². The van der Waals surface area contributed by atoms with Crippen LogP contribution in [0.4, 0.5) is 0 Å². The van der Waals surface area contributed by atoms with Gasteiger partial charge in [-0.05, 0) is 44.4 Å². The molecule has 1 saturated heterocycles. The highest BCUT2D eigenvalue weighted by Crippen LogP contribution is 2.32. The highest BCUT2D eigenvalue weighted by Gasteiger charge is 2.41. The summed E-state index contributed by atoms with van der Waals surface area (Å²) in [5, 5.41) is 4.17. The standard InChI is InChI=1S/C20H27NO7/c1-14(16-7-8-17-18(10-16)25-13-24-17)21-28-9-5-4-6-15-11-26-20(2,27-12-15)19(22)23-3/h7-8,10,15H,4-6,9,11-13H2,1-3H3/b21-14-. The first-order chi connectivity index (χ1) is 13.5. The van der Waals surface area contributed by atoms with Gasteiger partial charge in [0.2, 0.25) is 6.79 Å². The monoisotopic (exact) mass is 393 g/mol. The van der Waals surface area contributed by atoms with Gasteiger partial charge in [-0.25, -0.2) is 4.79 Å². The van der Waals surface area contributed by atoms with Gasteiger partial charge in [-0.1, -0.05) is 5.16 Å². The molecule has 2 aliphatic heterocycles. The van der Waals surface area contributed by atoms with Crippen LogP contribution in [0.5, 0.6) is 11.5 Å². The second kappa shape index (κ2) is 9.25. The Balaban J connectivity index is 1.32. The lowest BCUT2D eigenvalue weighted by Crippen LogP contribution is -2.48. The molecule has 0 amide bonds. The predicted octanol–water partition coefficient (Wildman–Crippen LogP) is 2.88. The van der Waals surface area contributed by atoms with Gasteiger partial charge < -0.3 is 28.5 Å². The van der Waals surface area contributed by atoms with Gasteiger partial charge in [-0.2, -0.15) is 0 Å². The van der Waals surface area contributed by atoms with Crippen LogP contribution in [-0.2, 0) is 23.8 Å². The minimum absolute atomic E-state index is 0.254. The predicted molar refractivity (Wildman–Crippen MR) is 100 cm³/mol. The van der Waals surface area contributed by atoms with E-state index in [-0.39, 0.29) is 12.7 Å². The lowest BCUT2D eigenvalue weighted by Gasteiger charge is -2.35. The molecular formula is C20H27NO7. The quantitative estimate of drug-likeness (QED) is 0.291. The van der Waals surface area contributed by atoms with Crippen LogP contribution in [-0.4, -0.2) is 51.2 Å². The molecule has 0 saturated carbocycles. The third-order valence-corrected chi connectivity index (χ3v) is 4.83. The van der Waals surface area contributed by atoms with Gasteiger partial charge >= 0.3 is 5.97 Å². The lowest BCUT2D eigenvalue weighted by molar-refractivity contribution is -0.272. The van der Waals surface area contributed by atoms with Gasteiger partial charge in [0.1, 0.15) is 6.61 Å². The van der Waals surface area contributed by atoms with Crippen LogP contribution in [0, 0.1) is 5.92 Å². The smallest absolute Gasteiger partial charge is 0.366 e. The van der Waals surface area contributed by atoms with Crippen molar-refractivity contribution < 1.29 is 33.3 Å². The van der Waals surface area contributed by atoms with Crippen molar-refractivity contribution in [2.24, 2.45) is 11.1 Å². The number of hydrogen-bond donors (Lipinski definition) is 0. The van der Waals surface area contributed by atoms with E-state index >= 15 is 0 Å². The molecule has 0 atom stereocenters. The Morgan fingerprint density at radius 3 is 2.71 bits per heavy atom. The summed E-state index contributed by atoms with van der Waals surface area (Å²) in [5.74, 6) is -0.0473. The van der Waals surface area contributed by atoms with Gasteiger partial charge in [-0.3, -0.25) is 0 Å². The van der Waals surface area contributed by atoms with Gasteiger partial charge in [0.15, 0.2) is 11.5 Å². The molecule has 0 unspecified atom stereocenters. The van der Waals surface area contributed by atoms with Gasteiger partial charge in [0.05, 0.1) is 26.0 Å². The number of esters is 1. The number of rotatable bonds is 8. The van der Waals surface area contributed by atoms with Crippen molar-refractivity contribution in [3.8, 4) is 11.5 Å². The minimum Gasteiger partial charge on any atom is -0.465 e. The Morgan fingerprint density at radius 2 is 1.96 bits per heavy atom. The third kappa shape index (κ3) is 4.94. The van der Waals surface area contributed by atoms with E-state index < -0.39 is 11.8 Å². The Morgan fingerprint density at radius 1 is 1.21 bits per heavy atom. The number of hydrogen-bond acceptors (Lipinski definition) is 8. The Bertz CT molecular complexity index is 711. The second-order valence-electron chi connectivity index (χ2n) is 7.00. The van der Waals surface area contributed by atoms with Crippen LogP contribution in [0.1, 0.15) is 38.7 Å². The average Bonchev–Trinajstić information content (AvgIpc) is 3.19. The molecule has 0 aromatic heterocycles. The Hall–Kier alpha value is -2.32. The van der Waals surface area contributed by atoms with Crippen LogP contribution in [0.2, 0.25) is 0 Å². The number of unbranched alkanes of at least 4 members (excludes halogenated alkanes) is 1. The van der Waals surface area contributed by atoms with Crippen molar-refractivity contribution in [2.75, 3.05) is 33.7 Å². The van der Waals surface area contributed by atoms with Crippen LogP contribution in [0.25, 0.3) is 0 Å². The highest BCUT2D eigenvalue weighted by atomic mass is 16.7. The number of methoxy groups -OCH3 is 1. The maximum absolute atomic E-state index is 11.6. The molecule has 3 rings (SSSR count). The van der Waals surface area contributed by atoms with Crippen LogP contribution >= 0.6 is 0 Å². The zero-order valence-electron chi connectivity index (χ0n) is 16.6. The lowest BCUT2D eigenvalue weighted by atomic mass is 10.0. The van der Waals surface area contributed by atoms with E-state index in [0.29, 0.717) is 19.8 Å². The molecule has 0 aliphatic carbocycles. The van der Waals surface area contributed by atoms with E-state index in [1.165, 1.54) is 7.11 Å². The average molecular weight is 393 g/mol. The summed E-state index contributed by atoms with van der Waals surface area (Å²) >= 11 is 0. The molecule has 1 aromatic rings. The fraction of sp³-hybridized carbons (Fsp3) is 0.600. The summed E-state index contributed by atoms with van der Waals surface area (Å²) in [6, 6.07) is 5.70. The van der Waals surface area contributed by atoms with Gasteiger partial charge in [-0.15, -0.1) is 0 Å². The Labute approximate surface area is 164 Å². The van der Waals surface area contributed by atoms with Crippen LogP contribution < -0.4 is 9.47 Å². The first kappa shape index (κ1) is 20.4. The molecule has 8 heteroatoms. The van der Waals surface area contributed by atoms with E-state index in [0.717, 1.165) is 42.0 Å². The van der Waals surface area contributed by atoms with E-state index in [1.807, 2.05) is 25.1 Å². The zero-order chi connectivity index (χ0) is 20.0. The molecule has 8 nitrogen and oxygen atoms in total. The second-order valence-corrected chi connectivity index (χ2v) is 7.00. The summed E-state index contributed by atoms with van der Waals surface area (Å²) in [6.45, 7) is 5.23. The molecule has 0 spiro atoms. The zero-order valence-corrected chi connectivity index (χ0v) is 16.6. The van der Waals surface area contributed by atoms with Crippen LogP contribution in [0.3, 0.4) is 0 Å². The number of oxime groups is 1. The first-order valence-electron chi connectivity index (χ1n) is 9.45. The number of benzene rings is 1. The van der Waals surface area contributed by atoms with Crippen molar-refractivity contribution in [3.05, 3.63) is 23.8 Å². The SMILES string of the molecule is COC(=O)C1(C)OCC(CCCCO/N=C(/C)c2ccc3c(c2)OCO3)CO1.